The number of ether oxygens (including phenoxy) is 1. The van der Waals surface area contributed by atoms with Crippen LogP contribution in [0, 0.1) is 0 Å². The first-order valence-corrected chi connectivity index (χ1v) is 7.89. The smallest absolute Gasteiger partial charge is 0.293 e. The Morgan fingerprint density at radius 1 is 1.35 bits per heavy atom. The van der Waals surface area contributed by atoms with Crippen LogP contribution in [0.15, 0.2) is 57.6 Å². The molecule has 23 heavy (non-hydrogen) atoms. The number of furan rings is 1. The fourth-order valence-corrected chi connectivity index (χ4v) is 2.16. The molecule has 0 unspecified atom stereocenters. The molecule has 0 radical (unpaired) electrons. The number of hydrogen-bond acceptors (Lipinski definition) is 4. The number of anilines is 1. The van der Waals surface area contributed by atoms with Crippen LogP contribution in [0.5, 0.6) is 5.75 Å². The van der Waals surface area contributed by atoms with Crippen LogP contribution in [-0.2, 0) is 0 Å². The van der Waals surface area contributed by atoms with Crippen LogP contribution in [0.4, 0.5) is 5.69 Å². The second-order valence-electron chi connectivity index (χ2n) is 4.75. The van der Waals surface area contributed by atoms with Crippen molar-refractivity contribution >= 4 is 44.9 Å². The standard InChI is InChI=1S/C16H15BrN2O3S/c1-10(2)9-21-12-6-4-3-5-11(12)18-16(23)19-15(20)13-7-8-14(17)22-13/h3-8H,1,9H2,2H3,(H2,18,19,20,23). The van der Waals surface area contributed by atoms with Gasteiger partial charge in [0.1, 0.15) is 12.4 Å². The molecule has 1 aromatic heterocycles. The number of thiocarbonyl (C=S) groups is 1. The van der Waals surface area contributed by atoms with Crippen LogP contribution < -0.4 is 15.4 Å². The first-order chi connectivity index (χ1) is 11.0. The van der Waals surface area contributed by atoms with E-state index in [1.54, 1.807) is 24.3 Å². The molecular weight excluding hydrogens is 380 g/mol. The third kappa shape index (κ3) is 5.22. The summed E-state index contributed by atoms with van der Waals surface area (Å²) in [6, 6.07) is 10.5. The molecular formula is C16H15BrN2O3S. The number of carbonyl (C=O) groups is 1. The highest BCUT2D eigenvalue weighted by molar-refractivity contribution is 9.10. The number of carbonyl (C=O) groups excluding carboxylic acids is 1. The van der Waals surface area contributed by atoms with E-state index in [9.17, 15) is 4.79 Å². The minimum atomic E-state index is -0.437. The number of hydrogen-bond donors (Lipinski definition) is 2. The van der Waals surface area contributed by atoms with E-state index in [2.05, 4.69) is 33.1 Å². The molecule has 0 saturated heterocycles. The Labute approximate surface area is 147 Å². The maximum Gasteiger partial charge on any atom is 0.293 e. The summed E-state index contributed by atoms with van der Waals surface area (Å²) in [5.74, 6) is 0.342. The molecule has 0 aliphatic carbocycles. The minimum Gasteiger partial charge on any atom is -0.487 e. The fourth-order valence-electron chi connectivity index (χ4n) is 1.65. The van der Waals surface area contributed by atoms with Gasteiger partial charge in [-0.15, -0.1) is 0 Å². The molecule has 0 aliphatic heterocycles. The molecule has 1 heterocycles. The van der Waals surface area contributed by atoms with Gasteiger partial charge < -0.3 is 14.5 Å². The zero-order valence-electron chi connectivity index (χ0n) is 12.4. The largest absolute Gasteiger partial charge is 0.487 e. The van der Waals surface area contributed by atoms with E-state index in [1.807, 2.05) is 19.1 Å². The molecule has 7 heteroatoms. The molecule has 5 nitrogen and oxygen atoms in total. The van der Waals surface area contributed by atoms with Gasteiger partial charge in [0.25, 0.3) is 5.91 Å². The van der Waals surface area contributed by atoms with Crippen molar-refractivity contribution in [1.82, 2.24) is 5.32 Å². The monoisotopic (exact) mass is 394 g/mol. The summed E-state index contributed by atoms with van der Waals surface area (Å²) in [7, 11) is 0. The molecule has 0 aliphatic rings. The van der Waals surface area contributed by atoms with Gasteiger partial charge in [0.2, 0.25) is 0 Å². The topological polar surface area (TPSA) is 63.5 Å². The molecule has 0 atom stereocenters. The maximum absolute atomic E-state index is 12.0. The predicted molar refractivity (Wildman–Crippen MR) is 96.8 cm³/mol. The van der Waals surface area contributed by atoms with Gasteiger partial charge in [-0.1, -0.05) is 18.7 Å². The summed E-state index contributed by atoms with van der Waals surface area (Å²) in [6.07, 6.45) is 0. The Balaban J connectivity index is 2.00. The lowest BCUT2D eigenvalue weighted by molar-refractivity contribution is 0.0949. The van der Waals surface area contributed by atoms with Gasteiger partial charge in [-0.25, -0.2) is 0 Å². The molecule has 2 aromatic rings. The Bertz CT molecular complexity index is 742. The summed E-state index contributed by atoms with van der Waals surface area (Å²) in [4.78, 5) is 12.0. The second kappa shape index (κ2) is 7.94. The Hall–Kier alpha value is -2.12. The Morgan fingerprint density at radius 3 is 2.74 bits per heavy atom. The van der Waals surface area contributed by atoms with E-state index in [0.29, 0.717) is 22.7 Å². The Morgan fingerprint density at radius 2 is 2.09 bits per heavy atom. The molecule has 0 bridgehead atoms. The van der Waals surface area contributed by atoms with Crippen LogP contribution in [0.2, 0.25) is 0 Å². The van der Waals surface area contributed by atoms with Gasteiger partial charge in [0, 0.05) is 0 Å². The molecule has 0 saturated carbocycles. The number of amides is 1. The molecule has 1 amide bonds. The zero-order valence-corrected chi connectivity index (χ0v) is 14.8. The average molecular weight is 395 g/mol. The third-order valence-electron chi connectivity index (χ3n) is 2.63. The van der Waals surface area contributed by atoms with E-state index in [1.165, 1.54) is 0 Å². The minimum absolute atomic E-state index is 0.147. The molecule has 120 valence electrons. The van der Waals surface area contributed by atoms with Crippen LogP contribution in [0.3, 0.4) is 0 Å². The van der Waals surface area contributed by atoms with Crippen LogP contribution in [0.25, 0.3) is 0 Å². The van der Waals surface area contributed by atoms with E-state index in [-0.39, 0.29) is 10.9 Å². The summed E-state index contributed by atoms with van der Waals surface area (Å²) < 4.78 is 11.3. The highest BCUT2D eigenvalue weighted by Crippen LogP contribution is 2.24. The van der Waals surface area contributed by atoms with E-state index in [4.69, 9.17) is 21.4 Å². The summed E-state index contributed by atoms with van der Waals surface area (Å²) >= 11 is 8.28. The number of rotatable bonds is 5. The molecule has 2 N–H and O–H groups in total. The molecule has 0 fully saturated rings. The van der Waals surface area contributed by atoms with Crippen molar-refractivity contribution in [2.45, 2.75) is 6.92 Å². The van der Waals surface area contributed by atoms with Gasteiger partial charge in [-0.05, 0) is 64.9 Å². The van der Waals surface area contributed by atoms with Crippen molar-refractivity contribution in [3.8, 4) is 5.75 Å². The van der Waals surface area contributed by atoms with E-state index in [0.717, 1.165) is 5.57 Å². The van der Waals surface area contributed by atoms with Crippen LogP contribution in [0.1, 0.15) is 17.5 Å². The average Bonchev–Trinajstić information content (AvgIpc) is 2.93. The highest BCUT2D eigenvalue weighted by atomic mass is 79.9. The number of para-hydroxylation sites is 2. The van der Waals surface area contributed by atoms with Crippen LogP contribution >= 0.6 is 28.1 Å². The summed E-state index contributed by atoms with van der Waals surface area (Å²) in [6.45, 7) is 6.07. The molecule has 0 spiro atoms. The summed E-state index contributed by atoms with van der Waals surface area (Å²) in [5.41, 5.74) is 1.55. The van der Waals surface area contributed by atoms with Crippen molar-refractivity contribution < 1.29 is 13.9 Å². The van der Waals surface area contributed by atoms with Gasteiger partial charge in [0.05, 0.1) is 5.69 Å². The van der Waals surface area contributed by atoms with Crippen molar-refractivity contribution in [2.75, 3.05) is 11.9 Å². The van der Waals surface area contributed by atoms with Crippen LogP contribution in [-0.4, -0.2) is 17.6 Å². The van der Waals surface area contributed by atoms with Gasteiger partial charge in [0.15, 0.2) is 15.5 Å². The first kappa shape index (κ1) is 17.2. The van der Waals surface area contributed by atoms with E-state index < -0.39 is 5.91 Å². The van der Waals surface area contributed by atoms with E-state index >= 15 is 0 Å². The quantitative estimate of drug-likeness (QED) is 0.589. The zero-order chi connectivity index (χ0) is 16.8. The number of halogens is 1. The predicted octanol–water partition coefficient (Wildman–Crippen LogP) is 4.12. The molecule has 1 aromatic carbocycles. The lowest BCUT2D eigenvalue weighted by Crippen LogP contribution is -2.34. The lowest BCUT2D eigenvalue weighted by atomic mass is 10.3. The first-order valence-electron chi connectivity index (χ1n) is 6.69. The highest BCUT2D eigenvalue weighted by Gasteiger charge is 2.13. The van der Waals surface area contributed by atoms with Crippen molar-refractivity contribution in [1.29, 1.82) is 0 Å². The normalized spacial score (nSPS) is 10.0. The van der Waals surface area contributed by atoms with Gasteiger partial charge >= 0.3 is 0 Å². The number of nitrogens with one attached hydrogen (secondary N) is 2. The number of benzene rings is 1. The van der Waals surface area contributed by atoms with Crippen molar-refractivity contribution in [3.63, 3.8) is 0 Å². The Kier molecular flexibility index (Phi) is 5.95. The van der Waals surface area contributed by atoms with Crippen molar-refractivity contribution in [3.05, 3.63) is 59.0 Å². The summed E-state index contributed by atoms with van der Waals surface area (Å²) in [5, 5.41) is 5.62. The molecule has 2 rings (SSSR count). The second-order valence-corrected chi connectivity index (χ2v) is 5.94. The fraction of sp³-hybridized carbons (Fsp3) is 0.125. The lowest BCUT2D eigenvalue weighted by Gasteiger charge is -2.14. The van der Waals surface area contributed by atoms with Gasteiger partial charge in [-0.2, -0.15) is 0 Å². The maximum atomic E-state index is 12.0. The van der Waals surface area contributed by atoms with Crippen molar-refractivity contribution in [2.24, 2.45) is 0 Å². The SMILES string of the molecule is C=C(C)COc1ccccc1NC(=S)NC(=O)c1ccc(Br)o1. The van der Waals surface area contributed by atoms with Gasteiger partial charge in [-0.3, -0.25) is 10.1 Å². The third-order valence-corrected chi connectivity index (χ3v) is 3.26.